The van der Waals surface area contributed by atoms with Gasteiger partial charge in [0.05, 0.1) is 17.8 Å². The topological polar surface area (TPSA) is 76.0 Å². The smallest absolute Gasteiger partial charge is 0.255 e. The summed E-state index contributed by atoms with van der Waals surface area (Å²) in [7, 11) is 0. The summed E-state index contributed by atoms with van der Waals surface area (Å²) in [6.07, 6.45) is 1.58. The SMILES string of the molecule is Cc1ccc(-c2nn(-c3ccc(F)cc3)cc2C(=O)NCC(=O)NC(C)(C)C)cc1. The van der Waals surface area contributed by atoms with E-state index in [1.165, 1.54) is 16.8 Å². The average molecular weight is 408 g/mol. The third-order valence-corrected chi connectivity index (χ3v) is 4.30. The standard InChI is InChI=1S/C23H25FN4O2/c1-15-5-7-16(8-6-15)21-19(22(30)25-13-20(29)26-23(2,3)4)14-28(27-21)18-11-9-17(24)10-12-18/h5-12,14H,13H2,1-4H3,(H,25,30)(H,26,29). The lowest BCUT2D eigenvalue weighted by molar-refractivity contribution is -0.121. The normalized spacial score (nSPS) is 11.2. The lowest BCUT2D eigenvalue weighted by Crippen LogP contribution is -2.45. The van der Waals surface area contributed by atoms with Gasteiger partial charge in [0.25, 0.3) is 5.91 Å². The molecule has 6 nitrogen and oxygen atoms in total. The number of halogens is 1. The molecule has 1 aromatic heterocycles. The Balaban J connectivity index is 1.91. The molecule has 0 aliphatic carbocycles. The highest BCUT2D eigenvalue weighted by Gasteiger charge is 2.20. The molecule has 30 heavy (non-hydrogen) atoms. The lowest BCUT2D eigenvalue weighted by Gasteiger charge is -2.20. The molecule has 0 aliphatic heterocycles. The molecular weight excluding hydrogens is 383 g/mol. The van der Waals surface area contributed by atoms with E-state index in [1.807, 2.05) is 52.0 Å². The van der Waals surface area contributed by atoms with Crippen molar-refractivity contribution in [1.29, 1.82) is 0 Å². The first-order valence-electron chi connectivity index (χ1n) is 9.64. The van der Waals surface area contributed by atoms with Crippen LogP contribution in [0.4, 0.5) is 4.39 Å². The van der Waals surface area contributed by atoms with Crippen molar-refractivity contribution in [3.05, 3.63) is 71.7 Å². The summed E-state index contributed by atoms with van der Waals surface area (Å²) in [6, 6.07) is 13.5. The highest BCUT2D eigenvalue weighted by Crippen LogP contribution is 2.24. The molecule has 3 rings (SSSR count). The minimum absolute atomic E-state index is 0.148. The Morgan fingerprint density at radius 1 is 1.03 bits per heavy atom. The van der Waals surface area contributed by atoms with Gasteiger partial charge in [0.2, 0.25) is 5.91 Å². The van der Waals surface area contributed by atoms with Gasteiger partial charge < -0.3 is 10.6 Å². The maximum absolute atomic E-state index is 13.3. The van der Waals surface area contributed by atoms with E-state index in [9.17, 15) is 14.0 Å². The van der Waals surface area contributed by atoms with Crippen molar-refractivity contribution in [1.82, 2.24) is 20.4 Å². The quantitative estimate of drug-likeness (QED) is 0.677. The number of nitrogens with one attached hydrogen (secondary N) is 2. The van der Waals surface area contributed by atoms with Crippen LogP contribution in [-0.4, -0.2) is 33.7 Å². The van der Waals surface area contributed by atoms with E-state index in [0.29, 0.717) is 16.9 Å². The molecule has 2 N–H and O–H groups in total. The molecular formula is C23H25FN4O2. The Morgan fingerprint density at radius 3 is 2.27 bits per heavy atom. The Hall–Kier alpha value is -3.48. The van der Waals surface area contributed by atoms with Gasteiger partial charge in [-0.05, 0) is 52.0 Å². The minimum Gasteiger partial charge on any atom is -0.350 e. The summed E-state index contributed by atoms with van der Waals surface area (Å²) < 4.78 is 14.8. The molecule has 1 heterocycles. The van der Waals surface area contributed by atoms with Crippen molar-refractivity contribution in [3.63, 3.8) is 0 Å². The predicted molar refractivity (Wildman–Crippen MR) is 114 cm³/mol. The first kappa shape index (κ1) is 21.2. The number of rotatable bonds is 5. The molecule has 156 valence electrons. The Kier molecular flexibility index (Phi) is 6.01. The van der Waals surface area contributed by atoms with Crippen molar-refractivity contribution in [2.24, 2.45) is 0 Å². The fourth-order valence-electron chi connectivity index (χ4n) is 2.91. The monoisotopic (exact) mass is 408 g/mol. The molecule has 0 unspecified atom stereocenters. The maximum atomic E-state index is 13.3. The summed E-state index contributed by atoms with van der Waals surface area (Å²) in [5.41, 5.74) is 2.89. The Labute approximate surface area is 175 Å². The van der Waals surface area contributed by atoms with Crippen LogP contribution in [0.15, 0.2) is 54.7 Å². The van der Waals surface area contributed by atoms with Crippen LogP contribution in [0.1, 0.15) is 36.7 Å². The second kappa shape index (κ2) is 8.49. The molecule has 0 spiro atoms. The number of aromatic nitrogens is 2. The number of amides is 2. The van der Waals surface area contributed by atoms with Crippen molar-refractivity contribution in [3.8, 4) is 16.9 Å². The van der Waals surface area contributed by atoms with Crippen molar-refractivity contribution < 1.29 is 14.0 Å². The molecule has 0 bridgehead atoms. The Morgan fingerprint density at radius 2 is 1.67 bits per heavy atom. The van der Waals surface area contributed by atoms with Gasteiger partial charge in [0.1, 0.15) is 11.5 Å². The molecule has 0 radical (unpaired) electrons. The Bertz CT molecular complexity index is 1050. The van der Waals surface area contributed by atoms with Crippen LogP contribution >= 0.6 is 0 Å². The van der Waals surface area contributed by atoms with E-state index in [1.54, 1.807) is 18.3 Å². The summed E-state index contributed by atoms with van der Waals surface area (Å²) in [5.74, 6) is -1.05. The molecule has 0 fully saturated rings. The van der Waals surface area contributed by atoms with Crippen LogP contribution in [0, 0.1) is 12.7 Å². The highest BCUT2D eigenvalue weighted by atomic mass is 19.1. The van der Waals surface area contributed by atoms with Gasteiger partial charge in [0.15, 0.2) is 0 Å². The predicted octanol–water partition coefficient (Wildman–Crippen LogP) is 3.63. The first-order valence-corrected chi connectivity index (χ1v) is 9.64. The first-order chi connectivity index (χ1) is 14.1. The second-order valence-electron chi connectivity index (χ2n) is 8.16. The molecule has 0 saturated carbocycles. The van der Waals surface area contributed by atoms with Crippen molar-refractivity contribution >= 4 is 11.8 Å². The van der Waals surface area contributed by atoms with Crippen LogP contribution in [0.2, 0.25) is 0 Å². The molecule has 0 atom stereocenters. The van der Waals surface area contributed by atoms with E-state index in [4.69, 9.17) is 0 Å². The maximum Gasteiger partial charge on any atom is 0.255 e. The van der Waals surface area contributed by atoms with Gasteiger partial charge in [-0.25, -0.2) is 9.07 Å². The van der Waals surface area contributed by atoms with Crippen LogP contribution in [0.5, 0.6) is 0 Å². The number of hydrogen-bond acceptors (Lipinski definition) is 3. The average Bonchev–Trinajstić information content (AvgIpc) is 3.11. The van der Waals surface area contributed by atoms with Crippen LogP contribution in [0.25, 0.3) is 16.9 Å². The number of carbonyl (C=O) groups excluding carboxylic acids is 2. The van der Waals surface area contributed by atoms with E-state index in [2.05, 4.69) is 15.7 Å². The van der Waals surface area contributed by atoms with Crippen LogP contribution < -0.4 is 10.6 Å². The van der Waals surface area contributed by atoms with Gasteiger partial charge in [-0.15, -0.1) is 0 Å². The lowest BCUT2D eigenvalue weighted by atomic mass is 10.1. The molecule has 2 aromatic carbocycles. The van der Waals surface area contributed by atoms with Crippen molar-refractivity contribution in [2.75, 3.05) is 6.54 Å². The van der Waals surface area contributed by atoms with E-state index >= 15 is 0 Å². The van der Waals surface area contributed by atoms with E-state index in [-0.39, 0.29) is 23.8 Å². The van der Waals surface area contributed by atoms with Crippen LogP contribution in [0.3, 0.4) is 0 Å². The summed E-state index contributed by atoms with van der Waals surface area (Å²) in [4.78, 5) is 24.9. The number of carbonyl (C=O) groups is 2. The van der Waals surface area contributed by atoms with Crippen LogP contribution in [-0.2, 0) is 4.79 Å². The number of nitrogens with zero attached hydrogens (tertiary/aromatic N) is 2. The third-order valence-electron chi connectivity index (χ3n) is 4.30. The summed E-state index contributed by atoms with van der Waals surface area (Å²) >= 11 is 0. The van der Waals surface area contributed by atoms with Gasteiger partial charge in [0, 0.05) is 17.3 Å². The molecule has 0 saturated heterocycles. The van der Waals surface area contributed by atoms with Gasteiger partial charge >= 0.3 is 0 Å². The van der Waals surface area contributed by atoms with Gasteiger partial charge in [-0.3, -0.25) is 9.59 Å². The summed E-state index contributed by atoms with van der Waals surface area (Å²) in [6.45, 7) is 7.44. The van der Waals surface area contributed by atoms with Gasteiger partial charge in [-0.1, -0.05) is 29.8 Å². The second-order valence-corrected chi connectivity index (χ2v) is 8.16. The minimum atomic E-state index is -0.414. The number of aryl methyl sites for hydroxylation is 1. The zero-order valence-electron chi connectivity index (χ0n) is 17.5. The molecule has 3 aromatic rings. The summed E-state index contributed by atoms with van der Waals surface area (Å²) in [5, 5.41) is 10.0. The molecule has 7 heteroatoms. The number of benzene rings is 2. The highest BCUT2D eigenvalue weighted by molar-refractivity contribution is 6.01. The fourth-order valence-corrected chi connectivity index (χ4v) is 2.91. The molecule has 2 amide bonds. The zero-order chi connectivity index (χ0) is 21.9. The van der Waals surface area contributed by atoms with E-state index in [0.717, 1.165) is 11.1 Å². The van der Waals surface area contributed by atoms with E-state index < -0.39 is 5.91 Å². The number of hydrogen-bond donors (Lipinski definition) is 2. The zero-order valence-corrected chi connectivity index (χ0v) is 17.5. The third kappa shape index (κ3) is 5.31. The van der Waals surface area contributed by atoms with Crippen molar-refractivity contribution in [2.45, 2.75) is 33.2 Å². The molecule has 0 aliphatic rings. The largest absolute Gasteiger partial charge is 0.350 e. The fraction of sp³-hybridized carbons (Fsp3) is 0.261. The van der Waals surface area contributed by atoms with Gasteiger partial charge in [-0.2, -0.15) is 5.10 Å².